The first-order valence-electron chi connectivity index (χ1n) is 4.08. The molecule has 0 saturated carbocycles. The van der Waals surface area contributed by atoms with E-state index in [9.17, 15) is 0 Å². The third kappa shape index (κ3) is 3.52. The van der Waals surface area contributed by atoms with E-state index >= 15 is 0 Å². The van der Waals surface area contributed by atoms with Crippen molar-refractivity contribution in [2.75, 3.05) is 11.9 Å². The molecule has 0 fully saturated rings. The summed E-state index contributed by atoms with van der Waals surface area (Å²) in [6, 6.07) is 7.98. The minimum Gasteiger partial charge on any atom is -0.481 e. The summed E-state index contributed by atoms with van der Waals surface area (Å²) in [7, 11) is 0. The highest BCUT2D eigenvalue weighted by atomic mass is 79.9. The fraction of sp³-hybridized carbons (Fsp3) is 0.273. The smallest absolute Gasteiger partial charge is 0.148 e. The lowest BCUT2D eigenvalue weighted by Gasteiger charge is -2.02. The molecule has 0 aliphatic carbocycles. The molecule has 0 aliphatic heterocycles. The van der Waals surface area contributed by atoms with Crippen LogP contribution < -0.4 is 4.74 Å². The molecule has 0 aliphatic rings. The van der Waals surface area contributed by atoms with Gasteiger partial charge < -0.3 is 4.74 Å². The molecule has 0 aromatic heterocycles. The van der Waals surface area contributed by atoms with Crippen LogP contribution in [0.5, 0.6) is 5.75 Å². The van der Waals surface area contributed by atoms with Crippen molar-refractivity contribution in [3.05, 3.63) is 29.8 Å². The molecular formula is C11H11BrO. The minimum absolute atomic E-state index is 0.331. The van der Waals surface area contributed by atoms with Crippen molar-refractivity contribution < 1.29 is 4.74 Å². The van der Waals surface area contributed by atoms with Crippen molar-refractivity contribution in [1.82, 2.24) is 0 Å². The van der Waals surface area contributed by atoms with Crippen molar-refractivity contribution in [1.29, 1.82) is 0 Å². The highest BCUT2D eigenvalue weighted by Gasteiger charge is 1.93. The van der Waals surface area contributed by atoms with Gasteiger partial charge in [-0.05, 0) is 24.1 Å². The van der Waals surface area contributed by atoms with Crippen LogP contribution >= 0.6 is 15.9 Å². The Kier molecular flexibility index (Phi) is 4.42. The second kappa shape index (κ2) is 5.66. The molecule has 1 rings (SSSR count). The van der Waals surface area contributed by atoms with Crippen molar-refractivity contribution in [3.63, 3.8) is 0 Å². The molecule has 0 N–H and O–H groups in total. The number of rotatable bonds is 4. The Morgan fingerprint density at radius 3 is 2.54 bits per heavy atom. The Morgan fingerprint density at radius 2 is 2.00 bits per heavy atom. The second-order valence-electron chi connectivity index (χ2n) is 2.58. The van der Waals surface area contributed by atoms with Crippen molar-refractivity contribution in [2.24, 2.45) is 0 Å². The Bertz CT molecular complexity index is 284. The van der Waals surface area contributed by atoms with Gasteiger partial charge in [-0.1, -0.05) is 34.0 Å². The van der Waals surface area contributed by atoms with E-state index in [1.54, 1.807) is 0 Å². The van der Waals surface area contributed by atoms with Crippen LogP contribution in [0.25, 0.3) is 0 Å². The molecule has 1 nitrogen and oxygen atoms in total. The summed E-state index contributed by atoms with van der Waals surface area (Å²) >= 11 is 3.39. The van der Waals surface area contributed by atoms with E-state index in [-0.39, 0.29) is 0 Å². The molecule has 0 saturated heterocycles. The Hall–Kier alpha value is -0.940. The van der Waals surface area contributed by atoms with Crippen LogP contribution in [0.1, 0.15) is 5.56 Å². The van der Waals surface area contributed by atoms with Crippen LogP contribution in [0.2, 0.25) is 0 Å². The van der Waals surface area contributed by atoms with Crippen LogP contribution in [-0.2, 0) is 6.42 Å². The highest BCUT2D eigenvalue weighted by molar-refractivity contribution is 9.09. The summed E-state index contributed by atoms with van der Waals surface area (Å²) in [6.45, 7) is 0.331. The topological polar surface area (TPSA) is 9.23 Å². The summed E-state index contributed by atoms with van der Waals surface area (Å²) in [4.78, 5) is 0. The zero-order valence-corrected chi connectivity index (χ0v) is 8.88. The first-order valence-corrected chi connectivity index (χ1v) is 5.20. The van der Waals surface area contributed by atoms with Crippen LogP contribution in [-0.4, -0.2) is 11.9 Å². The third-order valence-electron chi connectivity index (χ3n) is 1.63. The van der Waals surface area contributed by atoms with Crippen molar-refractivity contribution >= 4 is 15.9 Å². The maximum atomic E-state index is 5.24. The largest absolute Gasteiger partial charge is 0.481 e. The summed E-state index contributed by atoms with van der Waals surface area (Å²) in [5.74, 6) is 3.26. The molecule has 2 heteroatoms. The van der Waals surface area contributed by atoms with Crippen LogP contribution in [0, 0.1) is 12.3 Å². The Balaban J connectivity index is 2.54. The van der Waals surface area contributed by atoms with Crippen molar-refractivity contribution in [3.8, 4) is 18.1 Å². The van der Waals surface area contributed by atoms with Gasteiger partial charge in [-0.25, -0.2) is 0 Å². The number of hydrogen-bond donors (Lipinski definition) is 0. The molecule has 0 spiro atoms. The molecule has 1 aromatic rings. The molecule has 0 amide bonds. The van der Waals surface area contributed by atoms with E-state index in [4.69, 9.17) is 11.2 Å². The number of halogens is 1. The average molecular weight is 239 g/mol. The van der Waals surface area contributed by atoms with E-state index in [0.717, 1.165) is 17.5 Å². The number of ether oxygens (including phenoxy) is 1. The lowest BCUT2D eigenvalue weighted by molar-refractivity contribution is 0.370. The van der Waals surface area contributed by atoms with Gasteiger partial charge in [-0.2, -0.15) is 0 Å². The van der Waals surface area contributed by atoms with E-state index in [1.807, 2.05) is 24.3 Å². The van der Waals surface area contributed by atoms with Gasteiger partial charge in [0.1, 0.15) is 12.4 Å². The molecule has 13 heavy (non-hydrogen) atoms. The van der Waals surface area contributed by atoms with Gasteiger partial charge in [-0.15, -0.1) is 6.42 Å². The summed E-state index contributed by atoms with van der Waals surface area (Å²) in [5, 5.41) is 0.984. The molecule has 1 aromatic carbocycles. The van der Waals surface area contributed by atoms with Crippen LogP contribution in [0.3, 0.4) is 0 Å². The van der Waals surface area contributed by atoms with E-state index < -0.39 is 0 Å². The predicted octanol–water partition coefficient (Wildman–Crippen LogP) is 2.64. The molecule has 0 heterocycles. The predicted molar refractivity (Wildman–Crippen MR) is 58.3 cm³/mol. The number of benzene rings is 1. The molecule has 68 valence electrons. The van der Waals surface area contributed by atoms with Crippen LogP contribution in [0.15, 0.2) is 24.3 Å². The Labute approximate surface area is 87.2 Å². The van der Waals surface area contributed by atoms with Crippen LogP contribution in [0.4, 0.5) is 0 Å². The zero-order valence-electron chi connectivity index (χ0n) is 7.29. The number of hydrogen-bond acceptors (Lipinski definition) is 1. The average Bonchev–Trinajstić information content (AvgIpc) is 2.17. The van der Waals surface area contributed by atoms with Gasteiger partial charge in [0.2, 0.25) is 0 Å². The van der Waals surface area contributed by atoms with Gasteiger partial charge in [-0.3, -0.25) is 0 Å². The normalized spacial score (nSPS) is 9.23. The lowest BCUT2D eigenvalue weighted by Crippen LogP contribution is -1.93. The summed E-state index contributed by atoms with van der Waals surface area (Å²) in [5.41, 5.74) is 1.30. The molecular weight excluding hydrogens is 228 g/mol. The molecule has 0 radical (unpaired) electrons. The zero-order chi connectivity index (χ0) is 9.52. The number of terminal acetylenes is 1. The third-order valence-corrected chi connectivity index (χ3v) is 2.03. The fourth-order valence-corrected chi connectivity index (χ4v) is 1.44. The molecule has 0 bridgehead atoms. The maximum absolute atomic E-state index is 5.24. The van der Waals surface area contributed by atoms with Crippen molar-refractivity contribution in [2.45, 2.75) is 6.42 Å². The summed E-state index contributed by atoms with van der Waals surface area (Å²) < 4.78 is 5.24. The monoisotopic (exact) mass is 238 g/mol. The minimum atomic E-state index is 0.331. The van der Waals surface area contributed by atoms with Gasteiger partial charge >= 0.3 is 0 Å². The lowest BCUT2D eigenvalue weighted by atomic mass is 10.2. The van der Waals surface area contributed by atoms with E-state index in [1.165, 1.54) is 5.56 Å². The van der Waals surface area contributed by atoms with Gasteiger partial charge in [0, 0.05) is 5.33 Å². The first kappa shape index (κ1) is 10.1. The SMILES string of the molecule is C#CCOc1ccc(CCBr)cc1. The Morgan fingerprint density at radius 1 is 1.31 bits per heavy atom. The number of aryl methyl sites for hydroxylation is 1. The van der Waals surface area contributed by atoms with Gasteiger partial charge in [0.05, 0.1) is 0 Å². The van der Waals surface area contributed by atoms with Gasteiger partial charge in [0.15, 0.2) is 0 Å². The van der Waals surface area contributed by atoms with E-state index in [2.05, 4.69) is 21.9 Å². The molecule has 0 unspecified atom stereocenters. The number of alkyl halides is 1. The fourth-order valence-electron chi connectivity index (χ4n) is 0.986. The quantitative estimate of drug-likeness (QED) is 0.579. The second-order valence-corrected chi connectivity index (χ2v) is 3.37. The standard InChI is InChI=1S/C11H11BrO/c1-2-9-13-11-5-3-10(4-6-11)7-8-12/h1,3-6H,7-9H2. The maximum Gasteiger partial charge on any atom is 0.148 e. The first-order chi connectivity index (χ1) is 6.36. The summed E-state index contributed by atoms with van der Waals surface area (Å²) in [6.07, 6.45) is 6.11. The van der Waals surface area contributed by atoms with E-state index in [0.29, 0.717) is 6.61 Å². The highest BCUT2D eigenvalue weighted by Crippen LogP contribution is 2.12. The van der Waals surface area contributed by atoms with Gasteiger partial charge in [0.25, 0.3) is 0 Å². The molecule has 0 atom stereocenters.